The molecule has 2 aliphatic rings. The number of fused-ring (bicyclic) bond motifs is 3. The molecule has 0 aromatic heterocycles. The highest BCUT2D eigenvalue weighted by molar-refractivity contribution is 7.91. The van der Waals surface area contributed by atoms with E-state index in [1.807, 2.05) is 60.7 Å². The zero-order valence-corrected chi connectivity index (χ0v) is 22.4. The number of aliphatic imine (C=N–C) groups is 1. The van der Waals surface area contributed by atoms with E-state index >= 15 is 0 Å². The normalized spacial score (nSPS) is 20.2. The quantitative estimate of drug-likeness (QED) is 0.317. The van der Waals surface area contributed by atoms with Gasteiger partial charge in [-0.25, -0.2) is 17.8 Å². The van der Waals surface area contributed by atoms with Gasteiger partial charge in [-0.05, 0) is 47.5 Å². The van der Waals surface area contributed by atoms with Crippen LogP contribution < -0.4 is 0 Å². The van der Waals surface area contributed by atoms with Crippen LogP contribution in [0.1, 0.15) is 28.4 Å². The number of nitrogens with zero attached hydrogens (tertiary/aromatic N) is 2. The van der Waals surface area contributed by atoms with Crippen molar-refractivity contribution in [2.24, 2.45) is 4.99 Å². The van der Waals surface area contributed by atoms with Gasteiger partial charge in [-0.1, -0.05) is 72.8 Å². The Labute approximate surface area is 232 Å². The van der Waals surface area contributed by atoms with Crippen LogP contribution in [0.3, 0.4) is 0 Å². The summed E-state index contributed by atoms with van der Waals surface area (Å²) in [5, 5.41) is 0. The Hall–Kier alpha value is -4.30. The van der Waals surface area contributed by atoms with Gasteiger partial charge in [0.15, 0.2) is 21.5 Å². The Morgan fingerprint density at radius 1 is 0.900 bits per heavy atom. The van der Waals surface area contributed by atoms with Crippen molar-refractivity contribution in [3.05, 3.63) is 137 Å². The van der Waals surface area contributed by atoms with Gasteiger partial charge in [-0.15, -0.1) is 0 Å². The van der Waals surface area contributed by atoms with Crippen molar-refractivity contribution in [1.82, 2.24) is 4.90 Å². The molecule has 0 bridgehead atoms. The van der Waals surface area contributed by atoms with Crippen LogP contribution in [0.25, 0.3) is 0 Å². The average molecular weight is 555 g/mol. The SMILES string of the molecule is O=C1N(CCS(=O)(=O)c2ccccc2)Cc2cc(F)ccc2[C@@H]2OC(c3ccccc3)=N[C@]12Cc1ccccc1. The van der Waals surface area contributed by atoms with E-state index in [0.29, 0.717) is 17.0 Å². The van der Waals surface area contributed by atoms with E-state index in [0.717, 1.165) is 11.1 Å². The van der Waals surface area contributed by atoms with Crippen molar-refractivity contribution in [2.45, 2.75) is 29.5 Å². The van der Waals surface area contributed by atoms with E-state index in [4.69, 9.17) is 9.73 Å². The zero-order valence-electron chi connectivity index (χ0n) is 21.6. The van der Waals surface area contributed by atoms with Gasteiger partial charge in [0.05, 0.1) is 10.6 Å². The number of amides is 1. The lowest BCUT2D eigenvalue weighted by atomic mass is 9.81. The molecule has 40 heavy (non-hydrogen) atoms. The smallest absolute Gasteiger partial charge is 0.255 e. The van der Waals surface area contributed by atoms with Gasteiger partial charge in [-0.2, -0.15) is 0 Å². The number of sulfone groups is 1. The van der Waals surface area contributed by atoms with Crippen LogP contribution in [0.15, 0.2) is 119 Å². The lowest BCUT2D eigenvalue weighted by Gasteiger charge is -2.32. The third-order valence-corrected chi connectivity index (χ3v) is 9.15. The summed E-state index contributed by atoms with van der Waals surface area (Å²) in [5.74, 6) is -0.757. The molecule has 0 aliphatic carbocycles. The van der Waals surface area contributed by atoms with Crippen molar-refractivity contribution in [2.75, 3.05) is 12.3 Å². The molecule has 6 rings (SSSR count). The highest BCUT2D eigenvalue weighted by Crippen LogP contribution is 2.46. The van der Waals surface area contributed by atoms with E-state index in [9.17, 15) is 17.6 Å². The number of hydrogen-bond donors (Lipinski definition) is 0. The fourth-order valence-corrected chi connectivity index (χ4v) is 6.73. The van der Waals surface area contributed by atoms with Crippen molar-refractivity contribution < 1.29 is 22.3 Å². The van der Waals surface area contributed by atoms with Crippen molar-refractivity contribution in [3.63, 3.8) is 0 Å². The Kier molecular flexibility index (Phi) is 6.72. The summed E-state index contributed by atoms with van der Waals surface area (Å²) < 4.78 is 47.3. The van der Waals surface area contributed by atoms with E-state index in [1.54, 1.807) is 36.4 Å². The summed E-state index contributed by atoms with van der Waals surface area (Å²) in [4.78, 5) is 21.2. The van der Waals surface area contributed by atoms with Crippen LogP contribution in [-0.4, -0.2) is 43.0 Å². The first kappa shape index (κ1) is 26.0. The van der Waals surface area contributed by atoms with Gasteiger partial charge in [0.1, 0.15) is 5.82 Å². The predicted molar refractivity (Wildman–Crippen MR) is 150 cm³/mol. The molecule has 0 radical (unpaired) electrons. The minimum Gasteiger partial charge on any atom is -0.466 e. The van der Waals surface area contributed by atoms with Crippen LogP contribution in [0.5, 0.6) is 0 Å². The fraction of sp³-hybridized carbons (Fsp3) is 0.188. The minimum absolute atomic E-state index is 0.0445. The maximum Gasteiger partial charge on any atom is 0.255 e. The lowest BCUT2D eigenvalue weighted by Crippen LogP contribution is -2.50. The molecular formula is C32H27FN2O4S. The second kappa shape index (κ2) is 10.4. The molecule has 0 N–H and O–H groups in total. The first-order valence-corrected chi connectivity index (χ1v) is 14.7. The van der Waals surface area contributed by atoms with Crippen molar-refractivity contribution in [1.29, 1.82) is 0 Å². The molecule has 4 aromatic carbocycles. The molecule has 0 saturated heterocycles. The van der Waals surface area contributed by atoms with Gasteiger partial charge in [0.25, 0.3) is 5.91 Å². The van der Waals surface area contributed by atoms with Crippen LogP contribution in [0, 0.1) is 5.82 Å². The molecule has 0 fully saturated rings. The Balaban J connectivity index is 1.46. The van der Waals surface area contributed by atoms with Crippen LogP contribution in [-0.2, 0) is 32.3 Å². The molecule has 4 aromatic rings. The topological polar surface area (TPSA) is 76.0 Å². The maximum absolute atomic E-state index is 14.6. The van der Waals surface area contributed by atoms with E-state index < -0.39 is 27.3 Å². The van der Waals surface area contributed by atoms with Gasteiger partial charge < -0.3 is 9.64 Å². The molecular weight excluding hydrogens is 527 g/mol. The third kappa shape index (κ3) is 4.79. The Morgan fingerprint density at radius 2 is 1.55 bits per heavy atom. The summed E-state index contributed by atoms with van der Waals surface area (Å²) in [6.07, 6.45) is -0.589. The summed E-state index contributed by atoms with van der Waals surface area (Å²) in [7, 11) is -3.67. The molecule has 0 saturated carbocycles. The number of carbonyl (C=O) groups is 1. The maximum atomic E-state index is 14.6. The number of hydrogen-bond acceptors (Lipinski definition) is 5. The highest BCUT2D eigenvalue weighted by Gasteiger charge is 2.56. The second-order valence-electron chi connectivity index (χ2n) is 10.1. The van der Waals surface area contributed by atoms with Gasteiger partial charge >= 0.3 is 0 Å². The van der Waals surface area contributed by atoms with Crippen molar-refractivity contribution >= 4 is 21.6 Å². The zero-order chi connectivity index (χ0) is 27.7. The number of ether oxygens (including phenoxy) is 1. The molecule has 2 aliphatic heterocycles. The number of rotatable bonds is 7. The van der Waals surface area contributed by atoms with E-state index in [2.05, 4.69) is 0 Å². The summed E-state index contributed by atoms with van der Waals surface area (Å²) in [5.41, 5.74) is 1.41. The van der Waals surface area contributed by atoms with Gasteiger partial charge in [0.2, 0.25) is 5.90 Å². The summed E-state index contributed by atoms with van der Waals surface area (Å²) >= 11 is 0. The predicted octanol–water partition coefficient (Wildman–Crippen LogP) is 5.14. The van der Waals surface area contributed by atoms with E-state index in [1.165, 1.54) is 17.0 Å². The van der Waals surface area contributed by atoms with E-state index in [-0.39, 0.29) is 36.1 Å². The first-order chi connectivity index (χ1) is 19.4. The average Bonchev–Trinajstić information content (AvgIpc) is 3.33. The lowest BCUT2D eigenvalue weighted by molar-refractivity contribution is -0.139. The Bertz CT molecular complexity index is 1680. The molecule has 202 valence electrons. The minimum atomic E-state index is -3.67. The summed E-state index contributed by atoms with van der Waals surface area (Å²) in [6.45, 7) is -0.0334. The second-order valence-corrected chi connectivity index (χ2v) is 12.2. The number of carbonyl (C=O) groups excluding carboxylic acids is 1. The number of halogens is 1. The largest absolute Gasteiger partial charge is 0.466 e. The van der Waals surface area contributed by atoms with Gasteiger partial charge in [-0.3, -0.25) is 4.79 Å². The molecule has 2 atom stereocenters. The molecule has 2 heterocycles. The Morgan fingerprint density at radius 3 is 2.25 bits per heavy atom. The third-order valence-electron chi connectivity index (χ3n) is 7.44. The van der Waals surface area contributed by atoms with Crippen LogP contribution >= 0.6 is 0 Å². The van der Waals surface area contributed by atoms with Crippen molar-refractivity contribution in [3.8, 4) is 0 Å². The fourth-order valence-electron chi connectivity index (χ4n) is 5.46. The van der Waals surface area contributed by atoms with Gasteiger partial charge in [0, 0.05) is 30.6 Å². The molecule has 1 amide bonds. The molecule has 0 spiro atoms. The first-order valence-electron chi connectivity index (χ1n) is 13.1. The highest BCUT2D eigenvalue weighted by atomic mass is 32.2. The van der Waals surface area contributed by atoms with Crippen LogP contribution in [0.4, 0.5) is 4.39 Å². The monoisotopic (exact) mass is 554 g/mol. The molecule has 6 nitrogen and oxygen atoms in total. The standard InChI is InChI=1S/C32H27FN2O4S/c33-26-16-17-28-25(20-26)22-35(18-19-40(37,38)27-14-8-3-9-15-27)31(36)32(21-23-10-4-1-5-11-23)29(28)39-30(34-32)24-12-6-2-7-13-24/h1-17,20,29H,18-19,21-22H2/t29-,32-/m0/s1. The molecule has 0 unspecified atom stereocenters. The summed E-state index contributed by atoms with van der Waals surface area (Å²) in [6, 6.07) is 31.4. The molecule has 8 heteroatoms. The van der Waals surface area contributed by atoms with Crippen LogP contribution in [0.2, 0.25) is 0 Å². The number of benzene rings is 4.